The molecule has 0 aliphatic rings. The monoisotopic (exact) mass is 294 g/mol. The predicted octanol–water partition coefficient (Wildman–Crippen LogP) is 4.78. The predicted molar refractivity (Wildman–Crippen MR) is 80.0 cm³/mol. The van der Waals surface area contributed by atoms with E-state index in [0.717, 1.165) is 33.6 Å². The van der Waals surface area contributed by atoms with Crippen LogP contribution in [0.3, 0.4) is 0 Å². The number of rotatable bonds is 6. The van der Waals surface area contributed by atoms with E-state index in [1.54, 1.807) is 0 Å². The number of nitrogens with zero attached hydrogens (tertiary/aromatic N) is 1. The summed E-state index contributed by atoms with van der Waals surface area (Å²) in [5, 5.41) is 3.61. The molecule has 0 bridgehead atoms. The maximum absolute atomic E-state index is 5.31. The van der Waals surface area contributed by atoms with Gasteiger partial charge in [0, 0.05) is 0 Å². The summed E-state index contributed by atoms with van der Waals surface area (Å²) in [4.78, 5) is 0. The minimum Gasteiger partial charge on any atom is -0.278 e. The van der Waals surface area contributed by atoms with Gasteiger partial charge in [0.15, 0.2) is 7.91 Å². The second kappa shape index (κ2) is 6.93. The van der Waals surface area contributed by atoms with Crippen molar-refractivity contribution in [3.63, 3.8) is 0 Å². The fraction of sp³-hybridized carbons (Fsp3) is 0.800. The van der Waals surface area contributed by atoms with Crippen molar-refractivity contribution < 1.29 is 0 Å². The van der Waals surface area contributed by atoms with E-state index in [4.69, 9.17) is 24.4 Å². The Morgan fingerprint density at radius 1 is 1.38 bits per heavy atom. The van der Waals surface area contributed by atoms with Crippen LogP contribution in [0.4, 0.5) is 0 Å². The van der Waals surface area contributed by atoms with Gasteiger partial charge in [0.1, 0.15) is 0 Å². The summed E-state index contributed by atoms with van der Waals surface area (Å²) in [5.41, 5.74) is 0. The lowest BCUT2D eigenvalue weighted by molar-refractivity contribution is 0.382. The zero-order chi connectivity index (χ0) is 12.1. The molecule has 16 heavy (non-hydrogen) atoms. The highest BCUT2D eigenvalue weighted by Gasteiger charge is 2.12. The molecule has 0 amide bonds. The van der Waals surface area contributed by atoms with E-state index in [2.05, 4.69) is 36.3 Å². The summed E-state index contributed by atoms with van der Waals surface area (Å²) in [5.74, 6) is 0. The highest BCUT2D eigenvalue weighted by molar-refractivity contribution is 7.80. The van der Waals surface area contributed by atoms with Crippen molar-refractivity contribution in [2.24, 2.45) is 0 Å². The molecule has 1 heterocycles. The first kappa shape index (κ1) is 14.4. The van der Waals surface area contributed by atoms with Crippen molar-refractivity contribution in [2.45, 2.75) is 50.8 Å². The van der Waals surface area contributed by atoms with E-state index in [1.165, 1.54) is 11.3 Å². The van der Waals surface area contributed by atoms with Gasteiger partial charge in [-0.15, -0.1) is 0 Å². The lowest BCUT2D eigenvalue weighted by atomic mass is 10.1. The Kier molecular flexibility index (Phi) is 6.25. The molecule has 1 aromatic rings. The second-order valence-corrected chi connectivity index (χ2v) is 7.20. The van der Waals surface area contributed by atoms with E-state index < -0.39 is 0 Å². The SMILES string of the molecule is CCCC(CCC(C)S)n1[nH]c(=S)sc1=S. The molecule has 0 aliphatic heterocycles. The molecule has 0 aliphatic carbocycles. The van der Waals surface area contributed by atoms with Gasteiger partial charge in [-0.05, 0) is 48.9 Å². The molecular formula is C10H18N2S4. The van der Waals surface area contributed by atoms with Crippen LogP contribution < -0.4 is 0 Å². The maximum atomic E-state index is 5.31. The van der Waals surface area contributed by atoms with E-state index in [1.807, 2.05) is 0 Å². The molecule has 6 heteroatoms. The third-order valence-electron chi connectivity index (χ3n) is 2.49. The van der Waals surface area contributed by atoms with Crippen LogP contribution in [0.5, 0.6) is 0 Å². The van der Waals surface area contributed by atoms with Crippen LogP contribution in [0, 0.1) is 7.91 Å². The quantitative estimate of drug-likeness (QED) is 0.582. The van der Waals surface area contributed by atoms with E-state index in [0.29, 0.717) is 11.3 Å². The minimum absolute atomic E-state index is 0.440. The summed E-state index contributed by atoms with van der Waals surface area (Å²) in [6, 6.07) is 0.444. The number of aromatic nitrogens is 2. The Morgan fingerprint density at radius 2 is 2.06 bits per heavy atom. The Morgan fingerprint density at radius 3 is 2.50 bits per heavy atom. The molecule has 0 saturated carbocycles. The summed E-state index contributed by atoms with van der Waals surface area (Å²) in [6.45, 7) is 4.32. The van der Waals surface area contributed by atoms with E-state index >= 15 is 0 Å². The zero-order valence-electron chi connectivity index (χ0n) is 9.60. The van der Waals surface area contributed by atoms with Gasteiger partial charge in [-0.3, -0.25) is 9.78 Å². The summed E-state index contributed by atoms with van der Waals surface area (Å²) in [7, 11) is 0. The van der Waals surface area contributed by atoms with Gasteiger partial charge in [0.05, 0.1) is 6.04 Å². The van der Waals surface area contributed by atoms with Crippen molar-refractivity contribution in [1.82, 2.24) is 9.78 Å². The number of aromatic amines is 1. The topological polar surface area (TPSA) is 20.7 Å². The van der Waals surface area contributed by atoms with Gasteiger partial charge < -0.3 is 0 Å². The van der Waals surface area contributed by atoms with Gasteiger partial charge >= 0.3 is 0 Å². The van der Waals surface area contributed by atoms with Crippen LogP contribution in [0.25, 0.3) is 0 Å². The fourth-order valence-electron chi connectivity index (χ4n) is 1.70. The standard InChI is InChI=1S/C10H18N2S4/c1-3-4-8(6-5-7(2)13)12-10(15)16-9(14)11-12/h7-8,13H,3-6H2,1-2H3,(H,11,14). The summed E-state index contributed by atoms with van der Waals surface area (Å²) >= 11 is 16.3. The highest BCUT2D eigenvalue weighted by Crippen LogP contribution is 2.23. The molecule has 0 saturated heterocycles. The molecule has 1 aromatic heterocycles. The normalized spacial score (nSPS) is 14.9. The number of nitrogens with one attached hydrogen (secondary N) is 1. The van der Waals surface area contributed by atoms with Crippen molar-refractivity contribution in [3.8, 4) is 0 Å². The van der Waals surface area contributed by atoms with Gasteiger partial charge in [-0.25, -0.2) is 0 Å². The van der Waals surface area contributed by atoms with Gasteiger partial charge in [-0.2, -0.15) is 12.6 Å². The molecule has 2 atom stereocenters. The van der Waals surface area contributed by atoms with Crippen LogP contribution in [0.15, 0.2) is 0 Å². The third-order valence-corrected chi connectivity index (χ3v) is 4.19. The lowest BCUT2D eigenvalue weighted by Crippen LogP contribution is -2.12. The van der Waals surface area contributed by atoms with Crippen LogP contribution in [0.1, 0.15) is 45.6 Å². The van der Waals surface area contributed by atoms with E-state index in [-0.39, 0.29) is 0 Å². The highest BCUT2D eigenvalue weighted by atomic mass is 32.2. The first-order chi connectivity index (χ1) is 7.54. The molecule has 2 unspecified atom stereocenters. The molecular weight excluding hydrogens is 276 g/mol. The Bertz CT molecular complexity index is 415. The molecule has 1 rings (SSSR count). The lowest BCUT2D eigenvalue weighted by Gasteiger charge is -2.18. The second-order valence-electron chi connectivity index (χ2n) is 4.01. The fourth-order valence-corrected chi connectivity index (χ4v) is 3.39. The molecule has 0 spiro atoms. The first-order valence-electron chi connectivity index (χ1n) is 5.54. The first-order valence-corrected chi connectivity index (χ1v) is 7.69. The number of thiol groups is 1. The molecule has 0 radical (unpaired) electrons. The molecule has 0 aromatic carbocycles. The van der Waals surface area contributed by atoms with Crippen molar-refractivity contribution in [2.75, 3.05) is 0 Å². The molecule has 92 valence electrons. The maximum Gasteiger partial charge on any atom is 0.178 e. The van der Waals surface area contributed by atoms with Crippen LogP contribution in [-0.4, -0.2) is 15.0 Å². The smallest absolute Gasteiger partial charge is 0.178 e. The average molecular weight is 295 g/mol. The van der Waals surface area contributed by atoms with Crippen molar-refractivity contribution >= 4 is 48.4 Å². The summed E-state index contributed by atoms with van der Waals surface area (Å²) in [6.07, 6.45) is 4.50. The average Bonchev–Trinajstić information content (AvgIpc) is 2.52. The number of hydrogen-bond donors (Lipinski definition) is 2. The van der Waals surface area contributed by atoms with Crippen LogP contribution in [-0.2, 0) is 0 Å². The largest absolute Gasteiger partial charge is 0.278 e. The Labute approximate surface area is 116 Å². The Balaban J connectivity index is 2.80. The van der Waals surface area contributed by atoms with Gasteiger partial charge in [0.25, 0.3) is 0 Å². The number of hydrogen-bond acceptors (Lipinski definition) is 4. The molecule has 2 nitrogen and oxygen atoms in total. The molecule has 0 fully saturated rings. The summed E-state index contributed by atoms with van der Waals surface area (Å²) < 4.78 is 3.68. The van der Waals surface area contributed by atoms with Crippen LogP contribution >= 0.6 is 48.4 Å². The number of H-pyrrole nitrogens is 1. The minimum atomic E-state index is 0.440. The third kappa shape index (κ3) is 4.31. The van der Waals surface area contributed by atoms with Gasteiger partial charge in [-0.1, -0.05) is 31.6 Å². The Hall–Kier alpha value is 0.350. The van der Waals surface area contributed by atoms with Crippen molar-refractivity contribution in [1.29, 1.82) is 0 Å². The van der Waals surface area contributed by atoms with E-state index in [9.17, 15) is 0 Å². The van der Waals surface area contributed by atoms with Crippen LogP contribution in [0.2, 0.25) is 0 Å². The van der Waals surface area contributed by atoms with Gasteiger partial charge in [0.2, 0.25) is 0 Å². The zero-order valence-corrected chi connectivity index (χ0v) is 12.9. The molecule has 1 N–H and O–H groups in total. The van der Waals surface area contributed by atoms with Crippen molar-refractivity contribution in [3.05, 3.63) is 7.91 Å².